The number of anilines is 1. The summed E-state index contributed by atoms with van der Waals surface area (Å²) in [6.07, 6.45) is -0.0434. The summed E-state index contributed by atoms with van der Waals surface area (Å²) >= 11 is 0. The molecule has 0 bridgehead atoms. The van der Waals surface area contributed by atoms with Crippen LogP contribution in [0.25, 0.3) is 0 Å². The number of hydrogen-bond acceptors (Lipinski definition) is 4. The van der Waals surface area contributed by atoms with Crippen LogP contribution in [0.4, 0.5) is 14.5 Å². The predicted molar refractivity (Wildman–Crippen MR) is 70.0 cm³/mol. The molecule has 1 aromatic carbocycles. The number of sulfone groups is 1. The number of carbonyl (C=O) groups is 1. The Hall–Kier alpha value is -1.54. The van der Waals surface area contributed by atoms with E-state index >= 15 is 0 Å². The van der Waals surface area contributed by atoms with Gasteiger partial charge in [-0.2, -0.15) is 0 Å². The minimum atomic E-state index is -3.11. The van der Waals surface area contributed by atoms with Crippen molar-refractivity contribution in [2.45, 2.75) is 12.5 Å². The average molecular weight is 304 g/mol. The molecular weight excluding hydrogens is 290 g/mol. The Morgan fingerprint density at radius 3 is 2.75 bits per heavy atom. The van der Waals surface area contributed by atoms with E-state index in [1.54, 1.807) is 0 Å². The molecule has 1 fully saturated rings. The summed E-state index contributed by atoms with van der Waals surface area (Å²) in [5.41, 5.74) is 0.132. The second-order valence-corrected chi connectivity index (χ2v) is 6.88. The van der Waals surface area contributed by atoms with Crippen molar-refractivity contribution in [1.82, 2.24) is 5.32 Å². The SMILES string of the molecule is O=C(CC1CS(=O)(=O)CCN1)Nc1ccc(F)c(F)c1. The second-order valence-electron chi connectivity index (χ2n) is 4.65. The molecule has 1 aliphatic heterocycles. The van der Waals surface area contributed by atoms with Gasteiger partial charge in [0.05, 0.1) is 11.5 Å². The van der Waals surface area contributed by atoms with Crippen molar-refractivity contribution >= 4 is 21.4 Å². The lowest BCUT2D eigenvalue weighted by atomic mass is 10.2. The molecular formula is C12H14F2N2O3S. The lowest BCUT2D eigenvalue weighted by Crippen LogP contribution is -2.46. The van der Waals surface area contributed by atoms with Crippen molar-refractivity contribution in [3.8, 4) is 0 Å². The van der Waals surface area contributed by atoms with E-state index in [1.165, 1.54) is 6.07 Å². The fraction of sp³-hybridized carbons (Fsp3) is 0.417. The van der Waals surface area contributed by atoms with Crippen molar-refractivity contribution in [3.05, 3.63) is 29.8 Å². The summed E-state index contributed by atoms with van der Waals surface area (Å²) in [5.74, 6) is -2.54. The maximum Gasteiger partial charge on any atom is 0.225 e. The molecule has 0 saturated carbocycles. The number of amides is 1. The van der Waals surface area contributed by atoms with Gasteiger partial charge in [0.15, 0.2) is 21.5 Å². The van der Waals surface area contributed by atoms with Gasteiger partial charge in [0.1, 0.15) is 0 Å². The molecule has 0 spiro atoms. The van der Waals surface area contributed by atoms with E-state index in [9.17, 15) is 22.0 Å². The Balaban J connectivity index is 1.93. The minimum Gasteiger partial charge on any atom is -0.326 e. The molecule has 1 aromatic rings. The van der Waals surface area contributed by atoms with Crippen molar-refractivity contribution < 1.29 is 22.0 Å². The maximum atomic E-state index is 13.0. The highest BCUT2D eigenvalue weighted by molar-refractivity contribution is 7.91. The van der Waals surface area contributed by atoms with Gasteiger partial charge in [0, 0.05) is 30.8 Å². The zero-order valence-corrected chi connectivity index (χ0v) is 11.3. The van der Waals surface area contributed by atoms with Crippen LogP contribution in [-0.2, 0) is 14.6 Å². The van der Waals surface area contributed by atoms with Crippen molar-refractivity contribution in [1.29, 1.82) is 0 Å². The van der Waals surface area contributed by atoms with Gasteiger partial charge >= 0.3 is 0 Å². The van der Waals surface area contributed by atoms with Gasteiger partial charge < -0.3 is 10.6 Å². The molecule has 0 aromatic heterocycles. The van der Waals surface area contributed by atoms with Crippen LogP contribution in [0.15, 0.2) is 18.2 Å². The third kappa shape index (κ3) is 3.97. The third-order valence-electron chi connectivity index (χ3n) is 2.94. The lowest BCUT2D eigenvalue weighted by Gasteiger charge is -2.23. The Morgan fingerprint density at radius 2 is 2.10 bits per heavy atom. The monoisotopic (exact) mass is 304 g/mol. The van der Waals surface area contributed by atoms with Gasteiger partial charge in [-0.1, -0.05) is 0 Å². The Labute approximate surface area is 115 Å². The molecule has 1 heterocycles. The summed E-state index contributed by atoms with van der Waals surface area (Å²) in [5, 5.41) is 5.34. The van der Waals surface area contributed by atoms with Gasteiger partial charge in [-0.05, 0) is 12.1 Å². The first-order valence-electron chi connectivity index (χ1n) is 6.04. The van der Waals surface area contributed by atoms with E-state index in [0.717, 1.165) is 12.1 Å². The molecule has 1 unspecified atom stereocenters. The fourth-order valence-corrected chi connectivity index (χ4v) is 3.45. The summed E-state index contributed by atoms with van der Waals surface area (Å²) in [6, 6.07) is 2.56. The zero-order valence-electron chi connectivity index (χ0n) is 10.5. The van der Waals surface area contributed by atoms with E-state index in [2.05, 4.69) is 10.6 Å². The number of halogens is 2. The lowest BCUT2D eigenvalue weighted by molar-refractivity contribution is -0.116. The summed E-state index contributed by atoms with van der Waals surface area (Å²) in [6.45, 7) is 0.311. The van der Waals surface area contributed by atoms with Gasteiger partial charge in [0.25, 0.3) is 0 Å². The maximum absolute atomic E-state index is 13.0. The first-order valence-corrected chi connectivity index (χ1v) is 7.86. The molecule has 2 rings (SSSR count). The summed E-state index contributed by atoms with van der Waals surface area (Å²) in [7, 11) is -3.11. The highest BCUT2D eigenvalue weighted by Crippen LogP contribution is 2.14. The first kappa shape index (κ1) is 14.9. The van der Waals surface area contributed by atoms with Gasteiger partial charge in [-0.25, -0.2) is 17.2 Å². The van der Waals surface area contributed by atoms with Crippen LogP contribution in [0.1, 0.15) is 6.42 Å². The van der Waals surface area contributed by atoms with E-state index in [4.69, 9.17) is 0 Å². The van der Waals surface area contributed by atoms with E-state index in [0.29, 0.717) is 6.54 Å². The van der Waals surface area contributed by atoms with Crippen LogP contribution in [0.3, 0.4) is 0 Å². The normalized spacial score (nSPS) is 21.4. The summed E-state index contributed by atoms with van der Waals surface area (Å²) in [4.78, 5) is 11.7. The minimum absolute atomic E-state index is 0.0434. The molecule has 1 atom stereocenters. The van der Waals surface area contributed by atoms with Crippen LogP contribution in [0.2, 0.25) is 0 Å². The van der Waals surface area contributed by atoms with Gasteiger partial charge in [0.2, 0.25) is 5.91 Å². The topological polar surface area (TPSA) is 75.3 Å². The molecule has 0 aliphatic carbocycles. The Bertz CT molecular complexity index is 619. The quantitative estimate of drug-likeness (QED) is 0.861. The number of nitrogens with one attached hydrogen (secondary N) is 2. The summed E-state index contributed by atoms with van der Waals surface area (Å²) < 4.78 is 48.5. The number of hydrogen-bond donors (Lipinski definition) is 2. The highest BCUT2D eigenvalue weighted by Gasteiger charge is 2.26. The number of rotatable bonds is 3. The number of benzene rings is 1. The first-order chi connectivity index (χ1) is 9.35. The third-order valence-corrected chi connectivity index (χ3v) is 4.67. The molecule has 110 valence electrons. The molecule has 1 aliphatic rings. The Kier molecular flexibility index (Phi) is 4.34. The zero-order chi connectivity index (χ0) is 14.8. The van der Waals surface area contributed by atoms with Crippen LogP contribution in [0.5, 0.6) is 0 Å². The van der Waals surface area contributed by atoms with E-state index in [1.807, 2.05) is 0 Å². The standard InChI is InChI=1S/C12H14F2N2O3S/c13-10-2-1-8(5-11(10)14)16-12(17)6-9-7-20(18,19)4-3-15-9/h1-2,5,9,15H,3-4,6-7H2,(H,16,17). The van der Waals surface area contributed by atoms with Crippen LogP contribution >= 0.6 is 0 Å². The molecule has 5 nitrogen and oxygen atoms in total. The molecule has 1 amide bonds. The Morgan fingerprint density at radius 1 is 1.35 bits per heavy atom. The fourth-order valence-electron chi connectivity index (χ4n) is 2.01. The van der Waals surface area contributed by atoms with Crippen molar-refractivity contribution in [2.75, 3.05) is 23.4 Å². The molecule has 8 heteroatoms. The number of carbonyl (C=O) groups excluding carboxylic acids is 1. The molecule has 20 heavy (non-hydrogen) atoms. The molecule has 1 saturated heterocycles. The van der Waals surface area contributed by atoms with Gasteiger partial charge in [-0.3, -0.25) is 4.79 Å². The van der Waals surface area contributed by atoms with Crippen LogP contribution in [0, 0.1) is 11.6 Å². The van der Waals surface area contributed by atoms with Crippen molar-refractivity contribution in [2.24, 2.45) is 0 Å². The highest BCUT2D eigenvalue weighted by atomic mass is 32.2. The van der Waals surface area contributed by atoms with Crippen molar-refractivity contribution in [3.63, 3.8) is 0 Å². The van der Waals surface area contributed by atoms with E-state index in [-0.39, 0.29) is 23.6 Å². The molecule has 0 radical (unpaired) electrons. The van der Waals surface area contributed by atoms with Crippen LogP contribution < -0.4 is 10.6 Å². The van der Waals surface area contributed by atoms with Gasteiger partial charge in [-0.15, -0.1) is 0 Å². The second kappa shape index (κ2) is 5.84. The van der Waals surface area contributed by atoms with E-state index < -0.39 is 33.4 Å². The van der Waals surface area contributed by atoms with Crippen LogP contribution in [-0.4, -0.2) is 38.4 Å². The predicted octanol–water partition coefficient (Wildman–Crippen LogP) is 0.680. The average Bonchev–Trinajstić information content (AvgIpc) is 2.32. The largest absolute Gasteiger partial charge is 0.326 e. The smallest absolute Gasteiger partial charge is 0.225 e. The molecule has 2 N–H and O–H groups in total.